The fourth-order valence-electron chi connectivity index (χ4n) is 2.57. The molecular weight excluding hydrogens is 394 g/mol. The predicted octanol–water partition coefficient (Wildman–Crippen LogP) is 4.32. The lowest BCUT2D eigenvalue weighted by Crippen LogP contribution is -2.23. The van der Waals surface area contributed by atoms with Gasteiger partial charge in [-0.1, -0.05) is 30.0 Å². The van der Waals surface area contributed by atoms with Crippen molar-refractivity contribution in [1.29, 1.82) is 0 Å². The SMILES string of the molecule is CCn1c(S[C@@H](C)C(=O)Nc2nc(C)cs2)nnc1[C@H](C)Oc1ccccc1. The Hall–Kier alpha value is -2.39. The third kappa shape index (κ3) is 4.90. The number of hydrogen-bond donors (Lipinski definition) is 1. The van der Waals surface area contributed by atoms with Crippen LogP contribution in [0.25, 0.3) is 0 Å². The molecule has 148 valence electrons. The maximum absolute atomic E-state index is 12.5. The molecule has 0 unspecified atom stereocenters. The smallest absolute Gasteiger partial charge is 0.239 e. The average molecular weight is 418 g/mol. The largest absolute Gasteiger partial charge is 0.483 e. The minimum atomic E-state index is -0.336. The van der Waals surface area contributed by atoms with Crippen LogP contribution in [0.1, 0.15) is 38.4 Å². The summed E-state index contributed by atoms with van der Waals surface area (Å²) in [4.78, 5) is 16.7. The molecule has 28 heavy (non-hydrogen) atoms. The summed E-state index contributed by atoms with van der Waals surface area (Å²) in [5, 5.41) is 14.3. The van der Waals surface area contributed by atoms with Crippen LogP contribution in [0.15, 0.2) is 40.9 Å². The van der Waals surface area contributed by atoms with E-state index in [4.69, 9.17) is 4.74 Å². The van der Waals surface area contributed by atoms with E-state index in [0.29, 0.717) is 16.8 Å². The molecule has 0 radical (unpaired) electrons. The van der Waals surface area contributed by atoms with Gasteiger partial charge in [-0.2, -0.15) is 0 Å². The number of carbonyl (C=O) groups excluding carboxylic acids is 1. The Bertz CT molecular complexity index is 926. The van der Waals surface area contributed by atoms with E-state index in [1.165, 1.54) is 23.1 Å². The van der Waals surface area contributed by atoms with Gasteiger partial charge in [0.05, 0.1) is 10.9 Å². The number of anilines is 1. The first kappa shape index (κ1) is 20.3. The minimum absolute atomic E-state index is 0.111. The van der Waals surface area contributed by atoms with Crippen molar-refractivity contribution in [2.75, 3.05) is 5.32 Å². The normalized spacial score (nSPS) is 13.1. The minimum Gasteiger partial charge on any atom is -0.483 e. The number of benzene rings is 1. The second-order valence-corrected chi connectivity index (χ2v) is 8.37. The van der Waals surface area contributed by atoms with Crippen LogP contribution in [0.4, 0.5) is 5.13 Å². The van der Waals surface area contributed by atoms with E-state index >= 15 is 0 Å². The third-order valence-electron chi connectivity index (χ3n) is 3.98. The van der Waals surface area contributed by atoms with Crippen molar-refractivity contribution in [3.05, 3.63) is 47.2 Å². The number of para-hydroxylation sites is 1. The highest BCUT2D eigenvalue weighted by molar-refractivity contribution is 8.00. The molecule has 9 heteroatoms. The fourth-order valence-corrected chi connectivity index (χ4v) is 4.18. The van der Waals surface area contributed by atoms with Gasteiger partial charge in [0.15, 0.2) is 22.2 Å². The summed E-state index contributed by atoms with van der Waals surface area (Å²) in [6, 6.07) is 9.62. The molecule has 0 saturated carbocycles. The summed E-state index contributed by atoms with van der Waals surface area (Å²) in [6.07, 6.45) is -0.258. The zero-order chi connectivity index (χ0) is 20.1. The summed E-state index contributed by atoms with van der Waals surface area (Å²) in [7, 11) is 0. The van der Waals surface area contributed by atoms with E-state index in [9.17, 15) is 4.79 Å². The number of amides is 1. The van der Waals surface area contributed by atoms with Crippen molar-refractivity contribution in [2.45, 2.75) is 50.8 Å². The summed E-state index contributed by atoms with van der Waals surface area (Å²) in [5.41, 5.74) is 0.892. The highest BCUT2D eigenvalue weighted by Crippen LogP contribution is 2.27. The monoisotopic (exact) mass is 417 g/mol. The van der Waals surface area contributed by atoms with Gasteiger partial charge in [0, 0.05) is 11.9 Å². The maximum Gasteiger partial charge on any atom is 0.239 e. The third-order valence-corrected chi connectivity index (χ3v) is 5.94. The van der Waals surface area contributed by atoms with Gasteiger partial charge in [0.25, 0.3) is 0 Å². The topological polar surface area (TPSA) is 81.9 Å². The van der Waals surface area contributed by atoms with Crippen molar-refractivity contribution in [2.24, 2.45) is 0 Å². The Balaban J connectivity index is 1.68. The van der Waals surface area contributed by atoms with Crippen molar-refractivity contribution >= 4 is 34.1 Å². The molecule has 0 aliphatic rings. The van der Waals surface area contributed by atoms with Gasteiger partial charge in [-0.15, -0.1) is 21.5 Å². The Morgan fingerprint density at radius 2 is 2.04 bits per heavy atom. The van der Waals surface area contributed by atoms with Gasteiger partial charge in [0.2, 0.25) is 5.91 Å². The Morgan fingerprint density at radius 1 is 1.29 bits per heavy atom. The standard InChI is InChI=1S/C19H23N5O2S2/c1-5-24-16(13(3)26-15-9-7-6-8-10-15)22-23-19(24)28-14(4)17(25)21-18-20-12(2)11-27-18/h6-11,13-14H,5H2,1-4H3,(H,20,21,25)/t13-,14-/m0/s1. The second-order valence-electron chi connectivity index (χ2n) is 6.20. The number of nitrogens with zero attached hydrogens (tertiary/aromatic N) is 4. The zero-order valence-electron chi connectivity index (χ0n) is 16.2. The van der Waals surface area contributed by atoms with Crippen LogP contribution in [0, 0.1) is 6.92 Å². The molecule has 0 saturated heterocycles. The number of rotatable bonds is 8. The van der Waals surface area contributed by atoms with Crippen LogP contribution in [0.2, 0.25) is 0 Å². The van der Waals surface area contributed by atoms with Crippen LogP contribution in [0.5, 0.6) is 5.75 Å². The highest BCUT2D eigenvalue weighted by Gasteiger charge is 2.23. The lowest BCUT2D eigenvalue weighted by molar-refractivity contribution is -0.115. The number of hydrogen-bond acceptors (Lipinski definition) is 7. The van der Waals surface area contributed by atoms with E-state index < -0.39 is 0 Å². The van der Waals surface area contributed by atoms with Crippen LogP contribution in [-0.4, -0.2) is 30.9 Å². The first-order valence-corrected chi connectivity index (χ1v) is 10.8. The van der Waals surface area contributed by atoms with E-state index in [1.807, 2.05) is 68.0 Å². The number of aryl methyl sites for hydroxylation is 1. The number of ether oxygens (including phenoxy) is 1. The van der Waals surface area contributed by atoms with Gasteiger partial charge in [-0.25, -0.2) is 4.98 Å². The van der Waals surface area contributed by atoms with Gasteiger partial charge in [0.1, 0.15) is 5.75 Å². The van der Waals surface area contributed by atoms with Gasteiger partial charge in [-0.05, 0) is 39.8 Å². The molecule has 3 rings (SSSR count). The second kappa shape index (κ2) is 9.20. The van der Waals surface area contributed by atoms with Crippen molar-refractivity contribution in [3.63, 3.8) is 0 Å². The molecule has 0 fully saturated rings. The molecule has 1 aromatic carbocycles. The molecule has 0 aliphatic carbocycles. The van der Waals surface area contributed by atoms with Gasteiger partial charge < -0.3 is 14.6 Å². The Morgan fingerprint density at radius 3 is 2.68 bits per heavy atom. The van der Waals surface area contributed by atoms with Crippen LogP contribution >= 0.6 is 23.1 Å². The van der Waals surface area contributed by atoms with Gasteiger partial charge >= 0.3 is 0 Å². The molecule has 2 heterocycles. The van der Waals surface area contributed by atoms with Crippen molar-refractivity contribution in [3.8, 4) is 5.75 Å². The average Bonchev–Trinajstić information content (AvgIpc) is 3.28. The molecule has 1 amide bonds. The highest BCUT2D eigenvalue weighted by atomic mass is 32.2. The molecule has 1 N–H and O–H groups in total. The summed E-state index contributed by atoms with van der Waals surface area (Å²) in [6.45, 7) is 8.40. The van der Waals surface area contributed by atoms with Crippen molar-refractivity contribution < 1.29 is 9.53 Å². The summed E-state index contributed by atoms with van der Waals surface area (Å²) in [5.74, 6) is 1.40. The summed E-state index contributed by atoms with van der Waals surface area (Å²) < 4.78 is 7.95. The first-order valence-electron chi connectivity index (χ1n) is 9.02. The maximum atomic E-state index is 12.5. The van der Waals surface area contributed by atoms with E-state index in [2.05, 4.69) is 20.5 Å². The molecule has 3 aromatic rings. The molecular formula is C19H23N5O2S2. The fraction of sp³-hybridized carbons (Fsp3) is 0.368. The number of nitrogens with one attached hydrogen (secondary N) is 1. The van der Waals surface area contributed by atoms with Crippen LogP contribution < -0.4 is 10.1 Å². The molecule has 2 aromatic heterocycles. The summed E-state index contributed by atoms with van der Waals surface area (Å²) >= 11 is 2.79. The quantitative estimate of drug-likeness (QED) is 0.550. The number of carbonyl (C=O) groups is 1. The lowest BCUT2D eigenvalue weighted by atomic mass is 10.3. The molecule has 0 aliphatic heterocycles. The molecule has 2 atom stereocenters. The first-order chi connectivity index (χ1) is 13.5. The lowest BCUT2D eigenvalue weighted by Gasteiger charge is -2.16. The Labute approximate surface area is 172 Å². The van der Waals surface area contributed by atoms with E-state index in [-0.39, 0.29) is 17.3 Å². The molecule has 0 spiro atoms. The van der Waals surface area contributed by atoms with Gasteiger partial charge in [-0.3, -0.25) is 4.79 Å². The zero-order valence-corrected chi connectivity index (χ0v) is 17.9. The number of aromatic nitrogens is 4. The molecule has 7 nitrogen and oxygen atoms in total. The Kier molecular flexibility index (Phi) is 6.69. The van der Waals surface area contributed by atoms with E-state index in [1.54, 1.807) is 0 Å². The predicted molar refractivity (Wildman–Crippen MR) is 112 cm³/mol. The number of thioether (sulfide) groups is 1. The van der Waals surface area contributed by atoms with E-state index in [0.717, 1.165) is 17.3 Å². The number of thiazole rings is 1. The molecule has 0 bridgehead atoms. The van der Waals surface area contributed by atoms with Crippen molar-refractivity contribution in [1.82, 2.24) is 19.7 Å². The van der Waals surface area contributed by atoms with Crippen LogP contribution in [0.3, 0.4) is 0 Å². The van der Waals surface area contributed by atoms with Crippen LogP contribution in [-0.2, 0) is 11.3 Å².